The summed E-state index contributed by atoms with van der Waals surface area (Å²) in [5.41, 5.74) is 0.552. The van der Waals surface area contributed by atoms with Gasteiger partial charge < -0.3 is 10.1 Å². The Kier molecular flexibility index (Phi) is 6.93. The Balaban J connectivity index is 2.31. The molecule has 0 aliphatic carbocycles. The quantitative estimate of drug-likeness (QED) is 0.564. The van der Waals surface area contributed by atoms with E-state index in [0.717, 1.165) is 5.52 Å². The second-order valence-electron chi connectivity index (χ2n) is 7.51. The fourth-order valence-corrected chi connectivity index (χ4v) is 2.88. The Morgan fingerprint density at radius 3 is 2.59 bits per heavy atom. The summed E-state index contributed by atoms with van der Waals surface area (Å²) in [7, 11) is 0. The van der Waals surface area contributed by atoms with E-state index in [9.17, 15) is 14.0 Å². The molecule has 1 N–H and O–H groups in total. The summed E-state index contributed by atoms with van der Waals surface area (Å²) in [5, 5.41) is 7.91. The summed E-state index contributed by atoms with van der Waals surface area (Å²) in [4.78, 5) is 25.2. The topological polar surface area (TPSA) is 73.2 Å². The lowest BCUT2D eigenvalue weighted by Crippen LogP contribution is -2.50. The van der Waals surface area contributed by atoms with Gasteiger partial charge in [0.15, 0.2) is 5.69 Å². The number of para-hydroxylation sites is 1. The van der Waals surface area contributed by atoms with E-state index in [1.54, 1.807) is 11.6 Å². The number of carbonyl (C=O) groups excluding carboxylic acids is 2. The number of halogens is 1. The van der Waals surface area contributed by atoms with Crippen LogP contribution in [0.4, 0.5) is 4.39 Å². The van der Waals surface area contributed by atoms with Crippen molar-refractivity contribution in [3.05, 3.63) is 30.0 Å². The Labute approximate surface area is 159 Å². The van der Waals surface area contributed by atoms with Gasteiger partial charge in [0.2, 0.25) is 0 Å². The van der Waals surface area contributed by atoms with Crippen LogP contribution in [-0.2, 0) is 16.1 Å². The monoisotopic (exact) mass is 377 g/mol. The minimum absolute atomic E-state index is 0.243. The molecule has 1 amide bonds. The molecule has 0 saturated carbocycles. The molecule has 0 fully saturated rings. The van der Waals surface area contributed by atoms with Crippen LogP contribution in [0, 0.1) is 5.41 Å². The first kappa shape index (κ1) is 20.9. The number of aromatic nitrogens is 2. The zero-order valence-corrected chi connectivity index (χ0v) is 16.4. The first-order valence-corrected chi connectivity index (χ1v) is 9.28. The molecule has 6 nitrogen and oxygen atoms in total. The number of esters is 1. The molecular formula is C20H28FN3O3. The molecule has 27 heavy (non-hydrogen) atoms. The average Bonchev–Trinajstić information content (AvgIpc) is 2.98. The molecule has 7 heteroatoms. The summed E-state index contributed by atoms with van der Waals surface area (Å²) in [6.45, 7) is 7.71. The Morgan fingerprint density at radius 2 is 1.96 bits per heavy atom. The standard InChI is InChI=1S/C20H28FN3O3/c1-5-27-19(26)17(20(2,3)4)22-18(25)16-14-10-6-7-11-15(14)24(23-16)13-9-8-12-21/h6-7,10-11,17H,5,8-9,12-13H2,1-4H3,(H,22,25)/t17-/m1/s1. The fraction of sp³-hybridized carbons (Fsp3) is 0.550. The van der Waals surface area contributed by atoms with Crippen LogP contribution in [0.15, 0.2) is 24.3 Å². The number of nitrogens with zero attached hydrogens (tertiary/aromatic N) is 2. The largest absolute Gasteiger partial charge is 0.464 e. The molecule has 1 aromatic heterocycles. The number of amides is 1. The summed E-state index contributed by atoms with van der Waals surface area (Å²) < 4.78 is 19.2. The molecule has 148 valence electrons. The van der Waals surface area contributed by atoms with Crippen LogP contribution < -0.4 is 5.32 Å². The van der Waals surface area contributed by atoms with Gasteiger partial charge in [0.25, 0.3) is 5.91 Å². The van der Waals surface area contributed by atoms with Gasteiger partial charge in [-0.25, -0.2) is 4.79 Å². The van der Waals surface area contributed by atoms with Crippen molar-refractivity contribution in [3.8, 4) is 0 Å². The summed E-state index contributed by atoms with van der Waals surface area (Å²) in [6.07, 6.45) is 1.08. The van der Waals surface area contributed by atoms with Crippen LogP contribution in [0.1, 0.15) is 51.0 Å². The van der Waals surface area contributed by atoms with E-state index in [0.29, 0.717) is 24.8 Å². The maximum Gasteiger partial charge on any atom is 0.329 e. The number of ether oxygens (including phenoxy) is 1. The van der Waals surface area contributed by atoms with Crippen LogP contribution in [0.3, 0.4) is 0 Å². The molecule has 0 spiro atoms. The third-order valence-electron chi connectivity index (χ3n) is 4.29. The minimum Gasteiger partial charge on any atom is -0.464 e. The predicted octanol–water partition coefficient (Wildman–Crippen LogP) is 3.49. The fourth-order valence-electron chi connectivity index (χ4n) is 2.88. The Hall–Kier alpha value is -2.44. The molecule has 1 heterocycles. The van der Waals surface area contributed by atoms with E-state index in [4.69, 9.17) is 4.74 Å². The van der Waals surface area contributed by atoms with Crippen molar-refractivity contribution in [2.75, 3.05) is 13.3 Å². The van der Waals surface area contributed by atoms with Gasteiger partial charge in [0, 0.05) is 11.9 Å². The van der Waals surface area contributed by atoms with E-state index >= 15 is 0 Å². The van der Waals surface area contributed by atoms with E-state index in [1.807, 2.05) is 45.0 Å². The molecule has 0 saturated heterocycles. The van der Waals surface area contributed by atoms with Gasteiger partial charge in [-0.2, -0.15) is 5.10 Å². The van der Waals surface area contributed by atoms with Crippen molar-refractivity contribution in [3.63, 3.8) is 0 Å². The SMILES string of the molecule is CCOC(=O)[C@@H](NC(=O)c1nn(CCCCF)c2ccccc12)C(C)(C)C. The van der Waals surface area contributed by atoms with Crippen molar-refractivity contribution < 1.29 is 18.7 Å². The molecule has 1 aromatic carbocycles. The third-order valence-corrected chi connectivity index (χ3v) is 4.29. The van der Waals surface area contributed by atoms with Gasteiger partial charge in [-0.05, 0) is 31.2 Å². The molecule has 0 unspecified atom stereocenters. The van der Waals surface area contributed by atoms with Crippen molar-refractivity contribution in [1.29, 1.82) is 0 Å². The zero-order valence-electron chi connectivity index (χ0n) is 16.4. The van der Waals surface area contributed by atoms with E-state index in [2.05, 4.69) is 10.4 Å². The van der Waals surface area contributed by atoms with Gasteiger partial charge >= 0.3 is 5.97 Å². The number of benzene rings is 1. The molecule has 0 aliphatic rings. The highest BCUT2D eigenvalue weighted by Crippen LogP contribution is 2.23. The number of rotatable bonds is 8. The summed E-state index contributed by atoms with van der Waals surface area (Å²) in [6, 6.07) is 6.61. The van der Waals surface area contributed by atoms with E-state index in [-0.39, 0.29) is 19.0 Å². The number of aryl methyl sites for hydroxylation is 1. The van der Waals surface area contributed by atoms with Gasteiger partial charge in [-0.15, -0.1) is 0 Å². The third kappa shape index (κ3) is 5.05. The predicted molar refractivity (Wildman–Crippen MR) is 102 cm³/mol. The van der Waals surface area contributed by atoms with Gasteiger partial charge in [0.1, 0.15) is 6.04 Å². The number of nitrogens with one attached hydrogen (secondary N) is 1. The normalized spacial score (nSPS) is 12.8. The highest BCUT2D eigenvalue weighted by Gasteiger charge is 2.35. The molecule has 0 bridgehead atoms. The van der Waals surface area contributed by atoms with Crippen molar-refractivity contribution >= 4 is 22.8 Å². The van der Waals surface area contributed by atoms with Crippen molar-refractivity contribution in [2.45, 2.75) is 53.1 Å². The average molecular weight is 377 g/mol. The van der Waals surface area contributed by atoms with Crippen LogP contribution in [0.5, 0.6) is 0 Å². The van der Waals surface area contributed by atoms with Crippen LogP contribution in [0.2, 0.25) is 0 Å². The van der Waals surface area contributed by atoms with E-state index in [1.165, 1.54) is 0 Å². The highest BCUT2D eigenvalue weighted by atomic mass is 19.1. The second kappa shape index (κ2) is 8.97. The van der Waals surface area contributed by atoms with Gasteiger partial charge in [0.05, 0.1) is 18.8 Å². The minimum atomic E-state index is -0.791. The summed E-state index contributed by atoms with van der Waals surface area (Å²) >= 11 is 0. The molecule has 2 rings (SSSR count). The van der Waals surface area contributed by atoms with Crippen LogP contribution in [0.25, 0.3) is 10.9 Å². The molecule has 2 aromatic rings. The van der Waals surface area contributed by atoms with Crippen LogP contribution >= 0.6 is 0 Å². The first-order valence-electron chi connectivity index (χ1n) is 9.28. The zero-order chi connectivity index (χ0) is 20.0. The molecule has 0 radical (unpaired) electrons. The lowest BCUT2D eigenvalue weighted by Gasteiger charge is -2.29. The number of alkyl halides is 1. The van der Waals surface area contributed by atoms with Gasteiger partial charge in [-0.3, -0.25) is 13.9 Å². The highest BCUT2D eigenvalue weighted by molar-refractivity contribution is 6.06. The maximum atomic E-state index is 12.9. The van der Waals surface area contributed by atoms with Crippen LogP contribution in [-0.4, -0.2) is 41.0 Å². The Morgan fingerprint density at radius 1 is 1.26 bits per heavy atom. The number of hydrogen-bond donors (Lipinski definition) is 1. The molecule has 1 atom stereocenters. The second-order valence-corrected chi connectivity index (χ2v) is 7.51. The van der Waals surface area contributed by atoms with Crippen molar-refractivity contribution in [1.82, 2.24) is 15.1 Å². The van der Waals surface area contributed by atoms with Crippen molar-refractivity contribution in [2.24, 2.45) is 5.41 Å². The number of hydrogen-bond acceptors (Lipinski definition) is 4. The maximum absolute atomic E-state index is 12.9. The Bertz CT molecular complexity index is 795. The molecular weight excluding hydrogens is 349 g/mol. The lowest BCUT2D eigenvalue weighted by molar-refractivity contribution is -0.148. The van der Waals surface area contributed by atoms with Gasteiger partial charge in [-0.1, -0.05) is 39.0 Å². The number of unbranched alkanes of at least 4 members (excludes halogenated alkanes) is 1. The summed E-state index contributed by atoms with van der Waals surface area (Å²) in [5.74, 6) is -0.895. The first-order chi connectivity index (χ1) is 12.8. The lowest BCUT2D eigenvalue weighted by atomic mass is 9.86. The molecule has 0 aliphatic heterocycles. The number of fused-ring (bicyclic) bond motifs is 1. The number of carbonyl (C=O) groups is 2. The smallest absolute Gasteiger partial charge is 0.329 e. The van der Waals surface area contributed by atoms with E-state index < -0.39 is 23.3 Å².